The van der Waals surface area contributed by atoms with Crippen LogP contribution in [-0.2, 0) is 6.18 Å². The number of alkyl halides is 3. The van der Waals surface area contributed by atoms with Gasteiger partial charge in [-0.2, -0.15) is 18.3 Å². The van der Waals surface area contributed by atoms with E-state index in [9.17, 15) is 13.2 Å². The predicted octanol–water partition coefficient (Wildman–Crippen LogP) is 1.98. The second-order valence-corrected chi connectivity index (χ2v) is 2.50. The van der Waals surface area contributed by atoms with E-state index in [0.29, 0.717) is 5.39 Å². The summed E-state index contributed by atoms with van der Waals surface area (Å²) in [6, 6.07) is 2.26. The number of nitrogens with one attached hydrogen (secondary N) is 1. The van der Waals surface area contributed by atoms with Crippen LogP contribution in [0.3, 0.4) is 0 Å². The molecule has 0 bridgehead atoms. The highest BCUT2D eigenvalue weighted by molar-refractivity contribution is 5.73. The summed E-state index contributed by atoms with van der Waals surface area (Å²) in [5.41, 5.74) is -0.765. The van der Waals surface area contributed by atoms with Crippen LogP contribution < -0.4 is 0 Å². The maximum atomic E-state index is 12.1. The van der Waals surface area contributed by atoms with Crippen molar-refractivity contribution >= 4 is 11.0 Å². The molecular formula is C7H4F3N3. The standard InChI is InChI=1S/C7H4F3N3/c8-7(9,10)5-2-1-4-3-11-13-6(4)12-5/h1-3H,(H,11,12,13). The number of nitrogens with zero attached hydrogens (tertiary/aromatic N) is 2. The van der Waals surface area contributed by atoms with Crippen LogP contribution in [0.5, 0.6) is 0 Å². The molecule has 0 spiro atoms. The Labute approximate surface area is 70.6 Å². The van der Waals surface area contributed by atoms with Crippen LogP contribution in [0.1, 0.15) is 5.69 Å². The van der Waals surface area contributed by atoms with Crippen molar-refractivity contribution < 1.29 is 13.2 Å². The molecule has 2 aromatic heterocycles. The van der Waals surface area contributed by atoms with E-state index in [-0.39, 0.29) is 5.65 Å². The van der Waals surface area contributed by atoms with Crippen LogP contribution in [0, 0.1) is 0 Å². The molecule has 6 heteroatoms. The van der Waals surface area contributed by atoms with Gasteiger partial charge in [0, 0.05) is 5.39 Å². The molecule has 0 aliphatic carbocycles. The Morgan fingerprint density at radius 2 is 2.00 bits per heavy atom. The number of rotatable bonds is 0. The lowest BCUT2D eigenvalue weighted by Gasteiger charge is -2.03. The van der Waals surface area contributed by atoms with Gasteiger partial charge in [0.05, 0.1) is 6.20 Å². The zero-order valence-corrected chi connectivity index (χ0v) is 6.26. The van der Waals surface area contributed by atoms with Crippen molar-refractivity contribution in [2.75, 3.05) is 0 Å². The summed E-state index contributed by atoms with van der Waals surface area (Å²) >= 11 is 0. The SMILES string of the molecule is FC(F)(F)c1ccc2cn[nH]c2n1. The van der Waals surface area contributed by atoms with Crippen molar-refractivity contribution in [3.05, 3.63) is 24.0 Å². The normalized spacial score (nSPS) is 12.2. The minimum Gasteiger partial charge on any atom is -0.261 e. The largest absolute Gasteiger partial charge is 0.433 e. The average molecular weight is 187 g/mol. The fourth-order valence-electron chi connectivity index (χ4n) is 0.984. The van der Waals surface area contributed by atoms with Gasteiger partial charge >= 0.3 is 6.18 Å². The van der Waals surface area contributed by atoms with Crippen LogP contribution in [0.2, 0.25) is 0 Å². The van der Waals surface area contributed by atoms with Crippen molar-refractivity contribution in [3.8, 4) is 0 Å². The fraction of sp³-hybridized carbons (Fsp3) is 0.143. The van der Waals surface area contributed by atoms with Crippen LogP contribution in [-0.4, -0.2) is 15.2 Å². The predicted molar refractivity (Wildman–Crippen MR) is 38.9 cm³/mol. The first-order chi connectivity index (χ1) is 6.07. The summed E-state index contributed by atoms with van der Waals surface area (Å²) in [5, 5.41) is 6.50. The van der Waals surface area contributed by atoms with E-state index in [4.69, 9.17) is 0 Å². The van der Waals surface area contributed by atoms with Crippen LogP contribution >= 0.6 is 0 Å². The Balaban J connectivity index is 2.61. The maximum Gasteiger partial charge on any atom is 0.433 e. The molecule has 2 aromatic rings. The van der Waals surface area contributed by atoms with E-state index in [0.717, 1.165) is 6.07 Å². The number of hydrogen-bond donors (Lipinski definition) is 1. The number of fused-ring (bicyclic) bond motifs is 1. The van der Waals surface area contributed by atoms with Crippen molar-refractivity contribution in [2.45, 2.75) is 6.18 Å². The Bertz CT molecular complexity index is 432. The molecule has 3 nitrogen and oxygen atoms in total. The van der Waals surface area contributed by atoms with E-state index in [1.165, 1.54) is 12.3 Å². The van der Waals surface area contributed by atoms with Gasteiger partial charge in [0.2, 0.25) is 0 Å². The second-order valence-electron chi connectivity index (χ2n) is 2.50. The number of aromatic amines is 1. The lowest BCUT2D eigenvalue weighted by Crippen LogP contribution is -2.07. The van der Waals surface area contributed by atoms with Crippen molar-refractivity contribution in [3.63, 3.8) is 0 Å². The first-order valence-electron chi connectivity index (χ1n) is 3.45. The minimum atomic E-state index is -4.40. The number of pyridine rings is 1. The zero-order chi connectivity index (χ0) is 9.47. The molecule has 2 rings (SSSR count). The number of hydrogen-bond acceptors (Lipinski definition) is 2. The molecule has 0 fully saturated rings. The maximum absolute atomic E-state index is 12.1. The average Bonchev–Trinajstić information content (AvgIpc) is 2.47. The fourth-order valence-corrected chi connectivity index (χ4v) is 0.984. The Morgan fingerprint density at radius 3 is 2.69 bits per heavy atom. The summed E-state index contributed by atoms with van der Waals surface area (Å²) in [6.07, 6.45) is -2.98. The summed E-state index contributed by atoms with van der Waals surface area (Å²) in [5.74, 6) is 0. The molecule has 0 aromatic carbocycles. The van der Waals surface area contributed by atoms with Gasteiger partial charge in [-0.05, 0) is 12.1 Å². The van der Waals surface area contributed by atoms with Crippen LogP contribution in [0.4, 0.5) is 13.2 Å². The molecule has 1 N–H and O–H groups in total. The van der Waals surface area contributed by atoms with Gasteiger partial charge in [-0.1, -0.05) is 0 Å². The quantitative estimate of drug-likeness (QED) is 0.685. The summed E-state index contributed by atoms with van der Waals surface area (Å²) in [7, 11) is 0. The van der Waals surface area contributed by atoms with Crippen LogP contribution in [0.15, 0.2) is 18.3 Å². The van der Waals surface area contributed by atoms with Gasteiger partial charge < -0.3 is 0 Å². The molecule has 0 saturated heterocycles. The highest BCUT2D eigenvalue weighted by Crippen LogP contribution is 2.28. The van der Waals surface area contributed by atoms with Crippen molar-refractivity contribution in [1.82, 2.24) is 15.2 Å². The minimum absolute atomic E-state index is 0.148. The molecule has 0 aliphatic heterocycles. The molecule has 0 radical (unpaired) electrons. The molecule has 0 amide bonds. The Hall–Kier alpha value is -1.59. The third-order valence-corrected chi connectivity index (χ3v) is 1.59. The summed E-state index contributed by atoms with van der Waals surface area (Å²) < 4.78 is 36.4. The van der Waals surface area contributed by atoms with E-state index in [1.54, 1.807) is 0 Å². The first kappa shape index (κ1) is 8.03. The third kappa shape index (κ3) is 1.34. The number of aromatic nitrogens is 3. The van der Waals surface area contributed by atoms with Crippen molar-refractivity contribution in [2.24, 2.45) is 0 Å². The topological polar surface area (TPSA) is 41.6 Å². The molecule has 2 heterocycles. The Morgan fingerprint density at radius 1 is 1.23 bits per heavy atom. The van der Waals surface area contributed by atoms with Gasteiger partial charge in [0.1, 0.15) is 5.69 Å². The smallest absolute Gasteiger partial charge is 0.261 e. The molecule has 68 valence electrons. The van der Waals surface area contributed by atoms with E-state index < -0.39 is 11.9 Å². The van der Waals surface area contributed by atoms with E-state index in [1.807, 2.05) is 0 Å². The number of H-pyrrole nitrogens is 1. The molecular weight excluding hydrogens is 183 g/mol. The lowest BCUT2D eigenvalue weighted by atomic mass is 10.3. The molecule has 0 atom stereocenters. The zero-order valence-electron chi connectivity index (χ0n) is 6.26. The summed E-state index contributed by atoms with van der Waals surface area (Å²) in [6.45, 7) is 0. The highest BCUT2D eigenvalue weighted by Gasteiger charge is 2.32. The van der Waals surface area contributed by atoms with Gasteiger partial charge in [-0.25, -0.2) is 4.98 Å². The second kappa shape index (κ2) is 2.45. The number of halogens is 3. The van der Waals surface area contributed by atoms with E-state index in [2.05, 4.69) is 15.2 Å². The third-order valence-electron chi connectivity index (χ3n) is 1.59. The molecule has 13 heavy (non-hydrogen) atoms. The van der Waals surface area contributed by atoms with Gasteiger partial charge in [-0.15, -0.1) is 0 Å². The van der Waals surface area contributed by atoms with Crippen LogP contribution in [0.25, 0.3) is 11.0 Å². The molecule has 0 aliphatic rings. The molecule has 0 unspecified atom stereocenters. The summed E-state index contributed by atoms with van der Waals surface area (Å²) in [4.78, 5) is 3.36. The lowest BCUT2D eigenvalue weighted by molar-refractivity contribution is -0.141. The monoisotopic (exact) mass is 187 g/mol. The van der Waals surface area contributed by atoms with Gasteiger partial charge in [0.25, 0.3) is 0 Å². The highest BCUT2D eigenvalue weighted by atomic mass is 19.4. The molecule has 0 saturated carbocycles. The van der Waals surface area contributed by atoms with E-state index >= 15 is 0 Å². The van der Waals surface area contributed by atoms with Crippen molar-refractivity contribution in [1.29, 1.82) is 0 Å². The Kier molecular flexibility index (Phi) is 1.51. The van der Waals surface area contributed by atoms with Gasteiger partial charge in [0.15, 0.2) is 5.65 Å². The first-order valence-corrected chi connectivity index (χ1v) is 3.45. The van der Waals surface area contributed by atoms with Gasteiger partial charge in [-0.3, -0.25) is 5.10 Å².